The topological polar surface area (TPSA) is 80.4 Å². The van der Waals surface area contributed by atoms with Crippen LogP contribution in [0.1, 0.15) is 31.2 Å². The number of nitro benzene ring substituents is 1. The van der Waals surface area contributed by atoms with E-state index in [1.807, 2.05) is 0 Å². The van der Waals surface area contributed by atoms with E-state index in [2.05, 4.69) is 0 Å². The average molecular weight is 293 g/mol. The predicted octanol–water partition coefficient (Wildman–Crippen LogP) is 3.17. The van der Waals surface area contributed by atoms with Crippen LogP contribution in [0.15, 0.2) is 18.2 Å². The first kappa shape index (κ1) is 14.0. The number of carbonyl (C=O) groups is 1. The molecule has 0 heterocycles. The maximum Gasteiger partial charge on any atom is 0.310 e. The van der Waals surface area contributed by atoms with Gasteiger partial charge in [-0.2, -0.15) is 4.39 Å². The number of hydrogen-bond donors (Lipinski definition) is 1. The molecule has 0 radical (unpaired) electrons. The van der Waals surface area contributed by atoms with E-state index in [9.17, 15) is 24.4 Å². The molecule has 1 aromatic carbocycles. The van der Waals surface area contributed by atoms with Crippen LogP contribution in [-0.4, -0.2) is 16.0 Å². The molecule has 1 aromatic rings. The molecule has 112 valence electrons. The molecule has 3 rings (SSSR count). The molecule has 2 fully saturated rings. The Balaban J connectivity index is 1.97. The van der Waals surface area contributed by atoms with Crippen molar-refractivity contribution < 1.29 is 19.2 Å². The van der Waals surface area contributed by atoms with Crippen molar-refractivity contribution in [3.8, 4) is 0 Å². The molecular weight excluding hydrogens is 277 g/mol. The maximum atomic E-state index is 14.2. The molecule has 0 amide bonds. The highest BCUT2D eigenvalue weighted by molar-refractivity contribution is 5.76. The fraction of sp³-hybridized carbons (Fsp3) is 0.533. The summed E-state index contributed by atoms with van der Waals surface area (Å²) in [5.41, 5.74) is -1.41. The van der Waals surface area contributed by atoms with Gasteiger partial charge in [-0.15, -0.1) is 0 Å². The molecule has 2 aliphatic carbocycles. The summed E-state index contributed by atoms with van der Waals surface area (Å²) in [6.45, 7) is 0. The Morgan fingerprint density at radius 2 is 2.24 bits per heavy atom. The highest BCUT2D eigenvalue weighted by atomic mass is 19.1. The van der Waals surface area contributed by atoms with Crippen molar-refractivity contribution in [3.63, 3.8) is 0 Å². The molecule has 1 N–H and O–H groups in total. The highest BCUT2D eigenvalue weighted by Gasteiger charge is 2.55. The summed E-state index contributed by atoms with van der Waals surface area (Å²) in [5, 5.41) is 20.5. The van der Waals surface area contributed by atoms with Gasteiger partial charge in [0.05, 0.1) is 10.3 Å². The van der Waals surface area contributed by atoms with Gasteiger partial charge in [0, 0.05) is 6.07 Å². The minimum absolute atomic E-state index is 0.0387. The lowest BCUT2D eigenvalue weighted by Gasteiger charge is -2.33. The molecule has 21 heavy (non-hydrogen) atoms. The van der Waals surface area contributed by atoms with E-state index in [0.29, 0.717) is 12.3 Å². The fourth-order valence-electron chi connectivity index (χ4n) is 4.18. The lowest BCUT2D eigenvalue weighted by molar-refractivity contribution is -0.387. The molecule has 3 unspecified atom stereocenters. The van der Waals surface area contributed by atoms with Crippen molar-refractivity contribution in [3.05, 3.63) is 39.7 Å². The van der Waals surface area contributed by atoms with Crippen LogP contribution in [-0.2, 0) is 11.2 Å². The minimum Gasteiger partial charge on any atom is -0.481 e. The van der Waals surface area contributed by atoms with Crippen LogP contribution in [0.4, 0.5) is 10.1 Å². The highest BCUT2D eigenvalue weighted by Crippen LogP contribution is 2.57. The summed E-state index contributed by atoms with van der Waals surface area (Å²) < 4.78 is 14.2. The number of halogens is 1. The number of carboxylic acids is 1. The van der Waals surface area contributed by atoms with Gasteiger partial charge in [0.25, 0.3) is 0 Å². The van der Waals surface area contributed by atoms with Crippen molar-refractivity contribution in [1.29, 1.82) is 0 Å². The number of rotatable bonds is 4. The maximum absolute atomic E-state index is 14.2. The molecule has 5 nitrogen and oxygen atoms in total. The van der Waals surface area contributed by atoms with E-state index in [1.54, 1.807) is 0 Å². The summed E-state index contributed by atoms with van der Waals surface area (Å²) in [7, 11) is 0. The summed E-state index contributed by atoms with van der Waals surface area (Å²) in [6, 6.07) is 3.98. The summed E-state index contributed by atoms with van der Waals surface area (Å²) in [4.78, 5) is 21.8. The molecule has 0 aliphatic heterocycles. The third kappa shape index (κ3) is 2.09. The Kier molecular flexibility index (Phi) is 3.19. The third-order valence-corrected chi connectivity index (χ3v) is 5.16. The third-order valence-electron chi connectivity index (χ3n) is 5.16. The summed E-state index contributed by atoms with van der Waals surface area (Å²) in [5.74, 6) is -1.35. The van der Waals surface area contributed by atoms with Crippen LogP contribution in [0.2, 0.25) is 0 Å². The van der Waals surface area contributed by atoms with Crippen LogP contribution in [0.3, 0.4) is 0 Å². The first-order valence-corrected chi connectivity index (χ1v) is 7.09. The van der Waals surface area contributed by atoms with Gasteiger partial charge < -0.3 is 5.11 Å². The first-order valence-electron chi connectivity index (χ1n) is 7.09. The van der Waals surface area contributed by atoms with E-state index in [1.165, 1.54) is 12.1 Å². The van der Waals surface area contributed by atoms with Crippen LogP contribution >= 0.6 is 0 Å². The van der Waals surface area contributed by atoms with E-state index < -0.39 is 27.8 Å². The van der Waals surface area contributed by atoms with Crippen LogP contribution in [0.25, 0.3) is 0 Å². The normalized spacial score (nSPS) is 30.5. The Morgan fingerprint density at radius 3 is 2.76 bits per heavy atom. The molecule has 2 saturated carbocycles. The largest absolute Gasteiger partial charge is 0.481 e. The van der Waals surface area contributed by atoms with E-state index in [0.717, 1.165) is 25.3 Å². The number of benzene rings is 1. The van der Waals surface area contributed by atoms with Gasteiger partial charge in [0.15, 0.2) is 0 Å². The summed E-state index contributed by atoms with van der Waals surface area (Å²) in [6.07, 6.45) is 3.36. The standard InChI is InChI=1S/C15H16FNO4/c16-13-10(2-1-3-12(13)17(20)21)8-15(14(18)19)7-9-4-5-11(15)6-9/h1-3,9,11H,4-8H2,(H,18,19). The fourth-order valence-corrected chi connectivity index (χ4v) is 4.18. The van der Waals surface area contributed by atoms with Crippen molar-refractivity contribution in [2.75, 3.05) is 0 Å². The van der Waals surface area contributed by atoms with Crippen molar-refractivity contribution in [2.24, 2.45) is 17.3 Å². The molecule has 3 atom stereocenters. The lowest BCUT2D eigenvalue weighted by atomic mass is 9.69. The lowest BCUT2D eigenvalue weighted by Crippen LogP contribution is -2.38. The molecule has 0 aromatic heterocycles. The molecule has 0 saturated heterocycles. The molecule has 0 spiro atoms. The number of nitro groups is 1. The van der Waals surface area contributed by atoms with Crippen molar-refractivity contribution in [2.45, 2.75) is 32.1 Å². The Labute approximate surface area is 120 Å². The summed E-state index contributed by atoms with van der Waals surface area (Å²) >= 11 is 0. The van der Waals surface area contributed by atoms with Crippen LogP contribution in [0, 0.1) is 33.2 Å². The second kappa shape index (κ2) is 4.79. The first-order chi connectivity index (χ1) is 9.94. The van der Waals surface area contributed by atoms with Gasteiger partial charge in [-0.25, -0.2) is 0 Å². The number of carboxylic acid groups (broad SMARTS) is 1. The van der Waals surface area contributed by atoms with Crippen LogP contribution in [0.5, 0.6) is 0 Å². The smallest absolute Gasteiger partial charge is 0.310 e. The molecule has 2 bridgehead atoms. The number of fused-ring (bicyclic) bond motifs is 2. The molecule has 2 aliphatic rings. The number of nitrogens with zero attached hydrogens (tertiary/aromatic N) is 1. The average Bonchev–Trinajstić information content (AvgIpc) is 3.01. The van der Waals surface area contributed by atoms with Gasteiger partial charge in [0.1, 0.15) is 0 Å². The van der Waals surface area contributed by atoms with Crippen molar-refractivity contribution in [1.82, 2.24) is 0 Å². The Morgan fingerprint density at radius 1 is 1.48 bits per heavy atom. The zero-order valence-electron chi connectivity index (χ0n) is 11.4. The van der Waals surface area contributed by atoms with Gasteiger partial charge in [-0.05, 0) is 43.1 Å². The van der Waals surface area contributed by atoms with Gasteiger partial charge in [-0.1, -0.05) is 18.6 Å². The van der Waals surface area contributed by atoms with E-state index in [4.69, 9.17) is 0 Å². The zero-order chi connectivity index (χ0) is 15.2. The van der Waals surface area contributed by atoms with E-state index in [-0.39, 0.29) is 17.9 Å². The molecule has 6 heteroatoms. The van der Waals surface area contributed by atoms with Gasteiger partial charge in [0.2, 0.25) is 5.82 Å². The Hall–Kier alpha value is -1.98. The predicted molar refractivity (Wildman–Crippen MR) is 72.3 cm³/mol. The minimum atomic E-state index is -0.959. The van der Waals surface area contributed by atoms with Gasteiger partial charge >= 0.3 is 11.7 Å². The van der Waals surface area contributed by atoms with Crippen LogP contribution < -0.4 is 0 Å². The Bertz CT molecular complexity index is 618. The molecular formula is C15H16FNO4. The number of hydrogen-bond acceptors (Lipinski definition) is 3. The second-order valence-electron chi connectivity index (χ2n) is 6.23. The van der Waals surface area contributed by atoms with Gasteiger partial charge in [-0.3, -0.25) is 14.9 Å². The monoisotopic (exact) mass is 293 g/mol. The number of aliphatic carboxylic acids is 1. The van der Waals surface area contributed by atoms with E-state index >= 15 is 0 Å². The quantitative estimate of drug-likeness (QED) is 0.683. The van der Waals surface area contributed by atoms with Crippen molar-refractivity contribution >= 4 is 11.7 Å². The second-order valence-corrected chi connectivity index (χ2v) is 6.23. The SMILES string of the molecule is O=C(O)C1(Cc2cccc([N+](=O)[O-])c2F)CC2CCC1C2. The zero-order valence-corrected chi connectivity index (χ0v) is 11.4.